The molecule has 0 radical (unpaired) electrons. The highest BCUT2D eigenvalue weighted by atomic mass is 32.1. The van der Waals surface area contributed by atoms with E-state index in [0.717, 1.165) is 21.3 Å². The first-order chi connectivity index (χ1) is 8.58. The second kappa shape index (κ2) is 5.27. The molecule has 0 fully saturated rings. The van der Waals surface area contributed by atoms with Crippen molar-refractivity contribution in [2.24, 2.45) is 5.73 Å². The third-order valence-corrected chi connectivity index (χ3v) is 3.56. The highest BCUT2D eigenvalue weighted by Gasteiger charge is 2.17. The number of pyridine rings is 1. The third-order valence-electron chi connectivity index (χ3n) is 2.47. The molecule has 4 nitrogen and oxygen atoms in total. The Morgan fingerprint density at radius 1 is 1.44 bits per heavy atom. The molecule has 0 atom stereocenters. The van der Waals surface area contributed by atoms with E-state index in [0.29, 0.717) is 5.92 Å². The summed E-state index contributed by atoms with van der Waals surface area (Å²) in [7, 11) is 0. The molecule has 0 aromatic carbocycles. The van der Waals surface area contributed by atoms with E-state index in [4.69, 9.17) is 5.73 Å². The number of aromatic nitrogens is 2. The molecule has 18 heavy (non-hydrogen) atoms. The van der Waals surface area contributed by atoms with Crippen LogP contribution in [-0.2, 0) is 11.2 Å². The van der Waals surface area contributed by atoms with Gasteiger partial charge in [0.2, 0.25) is 5.91 Å². The summed E-state index contributed by atoms with van der Waals surface area (Å²) in [6.45, 7) is 4.16. The van der Waals surface area contributed by atoms with Crippen molar-refractivity contribution in [1.29, 1.82) is 0 Å². The molecule has 0 saturated heterocycles. The molecule has 2 rings (SSSR count). The molecule has 0 spiro atoms. The maximum Gasteiger partial charge on any atom is 0.224 e. The number of carbonyl (C=O) groups is 1. The molecular formula is C13H15N3OS. The predicted octanol–water partition coefficient (Wildman–Crippen LogP) is 2.36. The summed E-state index contributed by atoms with van der Waals surface area (Å²) in [5.41, 5.74) is 7.09. The number of nitrogens with two attached hydrogens (primary N) is 1. The lowest BCUT2D eigenvalue weighted by Crippen LogP contribution is -2.13. The topological polar surface area (TPSA) is 68.9 Å². The average Bonchev–Trinajstić information content (AvgIpc) is 2.73. The quantitative estimate of drug-likeness (QED) is 0.918. The monoisotopic (exact) mass is 261 g/mol. The summed E-state index contributed by atoms with van der Waals surface area (Å²) in [6, 6.07) is 5.78. The summed E-state index contributed by atoms with van der Waals surface area (Å²) >= 11 is 1.49. The highest BCUT2D eigenvalue weighted by molar-refractivity contribution is 7.15. The van der Waals surface area contributed by atoms with Gasteiger partial charge in [-0.25, -0.2) is 4.98 Å². The molecule has 2 aromatic heterocycles. The van der Waals surface area contributed by atoms with Crippen LogP contribution in [0.3, 0.4) is 0 Å². The van der Waals surface area contributed by atoms with Crippen molar-refractivity contribution >= 4 is 17.2 Å². The van der Waals surface area contributed by atoms with Gasteiger partial charge in [0.05, 0.1) is 22.7 Å². The predicted molar refractivity (Wildman–Crippen MR) is 72.3 cm³/mol. The van der Waals surface area contributed by atoms with Gasteiger partial charge in [-0.15, -0.1) is 11.3 Å². The van der Waals surface area contributed by atoms with E-state index in [1.54, 1.807) is 6.20 Å². The van der Waals surface area contributed by atoms with Crippen LogP contribution in [0.1, 0.15) is 30.5 Å². The van der Waals surface area contributed by atoms with Crippen LogP contribution in [0.15, 0.2) is 24.4 Å². The van der Waals surface area contributed by atoms with Crippen molar-refractivity contribution in [2.75, 3.05) is 0 Å². The minimum Gasteiger partial charge on any atom is -0.369 e. The Balaban J connectivity index is 2.45. The Bertz CT molecular complexity index is 549. The molecule has 2 N–H and O–H groups in total. The summed E-state index contributed by atoms with van der Waals surface area (Å²) in [5, 5.41) is 0.756. The molecule has 0 aliphatic rings. The normalized spacial score (nSPS) is 10.8. The Labute approximate surface area is 110 Å². The smallest absolute Gasteiger partial charge is 0.224 e. The lowest BCUT2D eigenvalue weighted by Gasteiger charge is -2.03. The maximum atomic E-state index is 11.0. The summed E-state index contributed by atoms with van der Waals surface area (Å²) in [5.74, 6) is -0.0634. The van der Waals surface area contributed by atoms with Crippen molar-refractivity contribution in [3.05, 3.63) is 35.1 Å². The van der Waals surface area contributed by atoms with E-state index >= 15 is 0 Å². The van der Waals surface area contributed by atoms with Crippen LogP contribution < -0.4 is 5.73 Å². The molecular weight excluding hydrogens is 246 g/mol. The van der Waals surface area contributed by atoms with Crippen molar-refractivity contribution < 1.29 is 4.79 Å². The number of carbonyl (C=O) groups excluding carboxylic acids is 1. The van der Waals surface area contributed by atoms with Crippen molar-refractivity contribution in [3.8, 4) is 10.6 Å². The van der Waals surface area contributed by atoms with Crippen LogP contribution in [0.5, 0.6) is 0 Å². The molecule has 0 aliphatic heterocycles. The van der Waals surface area contributed by atoms with Crippen LogP contribution in [-0.4, -0.2) is 15.9 Å². The average molecular weight is 261 g/mol. The first-order valence-electron chi connectivity index (χ1n) is 5.77. The molecule has 94 valence electrons. The zero-order valence-corrected chi connectivity index (χ0v) is 11.2. The van der Waals surface area contributed by atoms with Gasteiger partial charge in [0, 0.05) is 6.20 Å². The number of hydrogen-bond acceptors (Lipinski definition) is 4. The van der Waals surface area contributed by atoms with E-state index in [1.165, 1.54) is 11.3 Å². The molecule has 0 unspecified atom stereocenters. The zero-order valence-electron chi connectivity index (χ0n) is 10.4. The van der Waals surface area contributed by atoms with Gasteiger partial charge < -0.3 is 5.73 Å². The third kappa shape index (κ3) is 2.73. The Hall–Kier alpha value is -1.75. The SMILES string of the molecule is CC(C)c1nc(CC(N)=O)sc1-c1ccccn1. The van der Waals surface area contributed by atoms with Crippen LogP contribution in [0.2, 0.25) is 0 Å². The van der Waals surface area contributed by atoms with E-state index in [-0.39, 0.29) is 12.3 Å². The number of primary amides is 1. The minimum atomic E-state index is -0.355. The van der Waals surface area contributed by atoms with Gasteiger partial charge in [-0.2, -0.15) is 0 Å². The van der Waals surface area contributed by atoms with Gasteiger partial charge in [-0.05, 0) is 18.1 Å². The Kier molecular flexibility index (Phi) is 3.72. The molecule has 5 heteroatoms. The van der Waals surface area contributed by atoms with E-state index in [1.807, 2.05) is 18.2 Å². The minimum absolute atomic E-state index is 0.192. The van der Waals surface area contributed by atoms with Crippen LogP contribution in [0.4, 0.5) is 0 Å². The summed E-state index contributed by atoms with van der Waals surface area (Å²) in [6.07, 6.45) is 1.95. The molecule has 1 amide bonds. The van der Waals surface area contributed by atoms with Crippen molar-refractivity contribution in [2.45, 2.75) is 26.2 Å². The lowest BCUT2D eigenvalue weighted by atomic mass is 10.1. The fourth-order valence-electron chi connectivity index (χ4n) is 1.67. The van der Waals surface area contributed by atoms with E-state index < -0.39 is 0 Å². The van der Waals surface area contributed by atoms with Crippen LogP contribution >= 0.6 is 11.3 Å². The first-order valence-corrected chi connectivity index (χ1v) is 6.59. The number of nitrogens with zero attached hydrogens (tertiary/aromatic N) is 2. The second-order valence-electron chi connectivity index (χ2n) is 4.33. The maximum absolute atomic E-state index is 11.0. The first kappa shape index (κ1) is 12.7. The number of amides is 1. The van der Waals surface area contributed by atoms with Crippen LogP contribution in [0, 0.1) is 0 Å². The fraction of sp³-hybridized carbons (Fsp3) is 0.308. The number of rotatable bonds is 4. The van der Waals surface area contributed by atoms with Gasteiger partial charge in [0.1, 0.15) is 5.01 Å². The molecule has 0 saturated carbocycles. The summed E-state index contributed by atoms with van der Waals surface area (Å²) < 4.78 is 0. The molecule has 2 heterocycles. The van der Waals surface area contributed by atoms with Gasteiger partial charge >= 0.3 is 0 Å². The number of hydrogen-bond donors (Lipinski definition) is 1. The van der Waals surface area contributed by atoms with E-state index in [9.17, 15) is 4.79 Å². The van der Waals surface area contributed by atoms with Crippen molar-refractivity contribution in [1.82, 2.24) is 9.97 Å². The van der Waals surface area contributed by atoms with Gasteiger partial charge in [0.25, 0.3) is 0 Å². The Morgan fingerprint density at radius 3 is 2.78 bits per heavy atom. The second-order valence-corrected chi connectivity index (χ2v) is 5.42. The van der Waals surface area contributed by atoms with Gasteiger partial charge in [-0.3, -0.25) is 9.78 Å². The van der Waals surface area contributed by atoms with Gasteiger partial charge in [0.15, 0.2) is 0 Å². The molecule has 2 aromatic rings. The zero-order chi connectivity index (χ0) is 13.1. The standard InChI is InChI=1S/C13H15N3OS/c1-8(2)12-13(9-5-3-4-6-15-9)18-11(16-12)7-10(14)17/h3-6,8H,7H2,1-2H3,(H2,14,17). The number of thiazole rings is 1. The molecule has 0 aliphatic carbocycles. The van der Waals surface area contributed by atoms with Crippen molar-refractivity contribution in [3.63, 3.8) is 0 Å². The Morgan fingerprint density at radius 2 is 2.22 bits per heavy atom. The van der Waals surface area contributed by atoms with Crippen LogP contribution in [0.25, 0.3) is 10.6 Å². The van der Waals surface area contributed by atoms with Gasteiger partial charge in [-0.1, -0.05) is 19.9 Å². The highest BCUT2D eigenvalue weighted by Crippen LogP contribution is 2.33. The summed E-state index contributed by atoms with van der Waals surface area (Å²) in [4.78, 5) is 20.8. The fourth-order valence-corrected chi connectivity index (χ4v) is 2.88. The lowest BCUT2D eigenvalue weighted by molar-refractivity contribution is -0.117. The largest absolute Gasteiger partial charge is 0.369 e. The molecule has 0 bridgehead atoms. The van der Waals surface area contributed by atoms with E-state index in [2.05, 4.69) is 23.8 Å².